The van der Waals surface area contributed by atoms with Gasteiger partial charge in [-0.15, -0.1) is 0 Å². The lowest BCUT2D eigenvalue weighted by atomic mass is 10.2. The maximum Gasteiger partial charge on any atom is 0.147 e. The van der Waals surface area contributed by atoms with Gasteiger partial charge in [0.05, 0.1) is 0 Å². The van der Waals surface area contributed by atoms with Crippen LogP contribution in [0, 0.1) is 11.3 Å². The summed E-state index contributed by atoms with van der Waals surface area (Å²) in [5.74, 6) is 0.721. The molecule has 0 atom stereocenters. The smallest absolute Gasteiger partial charge is 0.147 e. The lowest BCUT2D eigenvalue weighted by Crippen LogP contribution is -2.04. The van der Waals surface area contributed by atoms with E-state index in [1.807, 2.05) is 30.3 Å². The second kappa shape index (κ2) is 6.32. The average molecular weight is 318 g/mol. The lowest BCUT2D eigenvalue weighted by molar-refractivity contribution is 0.302. The van der Waals surface area contributed by atoms with Crippen molar-refractivity contribution in [2.45, 2.75) is 13.2 Å². The number of nitriles is 1. The Hall–Kier alpha value is -1.90. The Bertz CT molecular complexity index is 622. The van der Waals surface area contributed by atoms with Gasteiger partial charge in [0.15, 0.2) is 0 Å². The first-order valence-corrected chi connectivity index (χ1v) is 6.49. The second-order valence-electron chi connectivity index (χ2n) is 3.87. The Balaban J connectivity index is 2.17. The average Bonchev–Trinajstić information content (AvgIpc) is 2.46. The van der Waals surface area contributed by atoms with E-state index in [4.69, 9.17) is 15.7 Å². The quantitative estimate of drug-likeness (QED) is 0.941. The zero-order valence-electron chi connectivity index (χ0n) is 10.1. The Morgan fingerprint density at radius 2 is 2.16 bits per heavy atom. The molecule has 0 unspecified atom stereocenters. The highest BCUT2D eigenvalue weighted by atomic mass is 79.9. The molecule has 0 radical (unpaired) electrons. The summed E-state index contributed by atoms with van der Waals surface area (Å²) in [7, 11) is 0. The third-order valence-corrected chi connectivity index (χ3v) is 3.12. The molecule has 0 spiro atoms. The van der Waals surface area contributed by atoms with Gasteiger partial charge in [-0.05, 0) is 24.3 Å². The molecule has 5 heteroatoms. The van der Waals surface area contributed by atoms with Gasteiger partial charge in [0.25, 0.3) is 0 Å². The highest BCUT2D eigenvalue weighted by Gasteiger charge is 2.06. The molecule has 0 bridgehead atoms. The minimum atomic E-state index is 0.297. The van der Waals surface area contributed by atoms with E-state index in [1.54, 1.807) is 12.3 Å². The number of ether oxygens (including phenoxy) is 1. The normalized spacial score (nSPS) is 9.95. The monoisotopic (exact) mass is 317 g/mol. The standard InChI is InChI=1S/C14H12BrN3O/c15-12-3-4-14(11(6-12)7-16)19-9-10-2-1-5-18-13(10)8-17/h1-6H,7,9,16H2. The predicted molar refractivity (Wildman–Crippen MR) is 75.3 cm³/mol. The van der Waals surface area contributed by atoms with Crippen molar-refractivity contribution in [1.29, 1.82) is 5.26 Å². The molecule has 96 valence electrons. The van der Waals surface area contributed by atoms with Crippen LogP contribution in [0.3, 0.4) is 0 Å². The molecular formula is C14H12BrN3O. The van der Waals surface area contributed by atoms with Gasteiger partial charge in [0, 0.05) is 28.3 Å². The SMILES string of the molecule is N#Cc1ncccc1COc1ccc(Br)cc1CN. The summed E-state index contributed by atoms with van der Waals surface area (Å²) in [5.41, 5.74) is 7.74. The number of nitrogens with two attached hydrogens (primary N) is 1. The van der Waals surface area contributed by atoms with E-state index in [0.717, 1.165) is 21.3 Å². The van der Waals surface area contributed by atoms with Crippen LogP contribution in [-0.4, -0.2) is 4.98 Å². The third kappa shape index (κ3) is 3.31. The summed E-state index contributed by atoms with van der Waals surface area (Å²) < 4.78 is 6.68. The van der Waals surface area contributed by atoms with E-state index < -0.39 is 0 Å². The maximum absolute atomic E-state index is 8.96. The van der Waals surface area contributed by atoms with Crippen LogP contribution in [0.5, 0.6) is 5.75 Å². The minimum absolute atomic E-state index is 0.297. The molecule has 0 aliphatic carbocycles. The maximum atomic E-state index is 8.96. The molecule has 0 saturated heterocycles. The van der Waals surface area contributed by atoms with Crippen LogP contribution in [0.1, 0.15) is 16.8 Å². The highest BCUT2D eigenvalue weighted by molar-refractivity contribution is 9.10. The van der Waals surface area contributed by atoms with E-state index in [0.29, 0.717) is 18.8 Å². The zero-order valence-corrected chi connectivity index (χ0v) is 11.7. The van der Waals surface area contributed by atoms with Gasteiger partial charge in [-0.1, -0.05) is 22.0 Å². The Kier molecular flexibility index (Phi) is 4.50. The second-order valence-corrected chi connectivity index (χ2v) is 4.78. The first kappa shape index (κ1) is 13.5. The van der Waals surface area contributed by atoms with E-state index in [2.05, 4.69) is 20.9 Å². The highest BCUT2D eigenvalue weighted by Crippen LogP contribution is 2.23. The molecule has 0 aliphatic heterocycles. The minimum Gasteiger partial charge on any atom is -0.488 e. The van der Waals surface area contributed by atoms with Crippen LogP contribution >= 0.6 is 15.9 Å². The molecule has 2 rings (SSSR count). The third-order valence-electron chi connectivity index (χ3n) is 2.62. The van der Waals surface area contributed by atoms with Crippen LogP contribution in [0.4, 0.5) is 0 Å². The molecule has 1 heterocycles. The van der Waals surface area contributed by atoms with Crippen molar-refractivity contribution in [2.75, 3.05) is 0 Å². The van der Waals surface area contributed by atoms with Crippen molar-refractivity contribution >= 4 is 15.9 Å². The van der Waals surface area contributed by atoms with E-state index in [1.165, 1.54) is 0 Å². The Morgan fingerprint density at radius 3 is 2.89 bits per heavy atom. The summed E-state index contributed by atoms with van der Waals surface area (Å²) in [5, 5.41) is 8.96. The van der Waals surface area contributed by atoms with Crippen molar-refractivity contribution in [3.05, 3.63) is 57.8 Å². The van der Waals surface area contributed by atoms with E-state index in [9.17, 15) is 0 Å². The number of hydrogen-bond acceptors (Lipinski definition) is 4. The largest absolute Gasteiger partial charge is 0.488 e. The first-order chi connectivity index (χ1) is 9.24. The number of rotatable bonds is 4. The predicted octanol–water partition coefficient (Wildman–Crippen LogP) is 2.75. The fourth-order valence-corrected chi connectivity index (χ4v) is 2.07. The molecule has 0 aliphatic rings. The summed E-state index contributed by atoms with van der Waals surface area (Å²) in [6, 6.07) is 11.3. The Labute approximate surface area is 120 Å². The lowest BCUT2D eigenvalue weighted by Gasteiger charge is -2.11. The van der Waals surface area contributed by atoms with E-state index in [-0.39, 0.29) is 0 Å². The van der Waals surface area contributed by atoms with Crippen LogP contribution in [0.15, 0.2) is 41.0 Å². The van der Waals surface area contributed by atoms with Crippen LogP contribution in [-0.2, 0) is 13.2 Å². The van der Waals surface area contributed by atoms with Gasteiger partial charge in [0.2, 0.25) is 0 Å². The van der Waals surface area contributed by atoms with Crippen LogP contribution in [0.2, 0.25) is 0 Å². The number of hydrogen-bond donors (Lipinski definition) is 1. The van der Waals surface area contributed by atoms with Gasteiger partial charge in [-0.3, -0.25) is 0 Å². The first-order valence-electron chi connectivity index (χ1n) is 5.70. The van der Waals surface area contributed by atoms with Crippen molar-refractivity contribution in [3.8, 4) is 11.8 Å². The zero-order chi connectivity index (χ0) is 13.7. The summed E-state index contributed by atoms with van der Waals surface area (Å²) in [4.78, 5) is 3.99. The molecule has 19 heavy (non-hydrogen) atoms. The summed E-state index contributed by atoms with van der Waals surface area (Å²) in [6.07, 6.45) is 1.59. The van der Waals surface area contributed by atoms with Crippen LogP contribution < -0.4 is 10.5 Å². The fraction of sp³-hybridized carbons (Fsp3) is 0.143. The van der Waals surface area contributed by atoms with Crippen molar-refractivity contribution in [3.63, 3.8) is 0 Å². The molecule has 0 amide bonds. The van der Waals surface area contributed by atoms with Gasteiger partial charge in [-0.25, -0.2) is 4.98 Å². The molecule has 0 saturated carbocycles. The molecule has 0 fully saturated rings. The fourth-order valence-electron chi connectivity index (χ4n) is 1.66. The van der Waals surface area contributed by atoms with Gasteiger partial charge in [-0.2, -0.15) is 5.26 Å². The number of benzene rings is 1. The molecule has 2 N–H and O–H groups in total. The van der Waals surface area contributed by atoms with Gasteiger partial charge < -0.3 is 10.5 Å². The molecule has 1 aromatic heterocycles. The number of pyridine rings is 1. The number of aromatic nitrogens is 1. The van der Waals surface area contributed by atoms with Crippen molar-refractivity contribution in [1.82, 2.24) is 4.98 Å². The topological polar surface area (TPSA) is 71.9 Å². The molecule has 4 nitrogen and oxygen atoms in total. The number of halogens is 1. The van der Waals surface area contributed by atoms with Gasteiger partial charge in [0.1, 0.15) is 24.1 Å². The van der Waals surface area contributed by atoms with E-state index >= 15 is 0 Å². The molecular weight excluding hydrogens is 306 g/mol. The number of nitrogens with zero attached hydrogens (tertiary/aromatic N) is 2. The molecule has 1 aromatic carbocycles. The molecule has 2 aromatic rings. The summed E-state index contributed by atoms with van der Waals surface area (Å²) >= 11 is 3.39. The Morgan fingerprint density at radius 1 is 1.32 bits per heavy atom. The van der Waals surface area contributed by atoms with Crippen molar-refractivity contribution in [2.24, 2.45) is 5.73 Å². The van der Waals surface area contributed by atoms with Crippen molar-refractivity contribution < 1.29 is 4.74 Å². The van der Waals surface area contributed by atoms with Gasteiger partial charge >= 0.3 is 0 Å². The summed E-state index contributed by atoms with van der Waals surface area (Å²) in [6.45, 7) is 0.693. The van der Waals surface area contributed by atoms with Crippen LogP contribution in [0.25, 0.3) is 0 Å².